The molecule has 114 valence electrons. The summed E-state index contributed by atoms with van der Waals surface area (Å²) in [5.41, 5.74) is 1.85. The van der Waals surface area contributed by atoms with Gasteiger partial charge in [0.2, 0.25) is 0 Å². The maximum absolute atomic E-state index is 11.9. The average molecular weight is 292 g/mol. The van der Waals surface area contributed by atoms with Crippen LogP contribution in [0.25, 0.3) is 0 Å². The number of amides is 2. The van der Waals surface area contributed by atoms with Crippen molar-refractivity contribution in [1.82, 2.24) is 5.32 Å². The normalized spacial score (nSPS) is 21.0. The predicted molar refractivity (Wildman–Crippen MR) is 78.4 cm³/mol. The Morgan fingerprint density at radius 2 is 2.10 bits per heavy atom. The number of aryl methyl sites for hydroxylation is 1. The fourth-order valence-corrected chi connectivity index (χ4v) is 2.36. The number of benzene rings is 1. The van der Waals surface area contributed by atoms with Crippen LogP contribution in [-0.4, -0.2) is 35.9 Å². The standard InChI is InChI=1S/C15H20N2O4/c1-2-10-5-3-4-6-12(10)17-15(20)16-9-11-7-8-13(21-11)14(18)19/h3-6,11,13H,2,7-9H2,1H3,(H,18,19)(H2,16,17,20). The van der Waals surface area contributed by atoms with Crippen molar-refractivity contribution in [3.05, 3.63) is 29.8 Å². The number of ether oxygens (including phenoxy) is 1. The Bertz CT molecular complexity index is 518. The first-order chi connectivity index (χ1) is 10.1. The van der Waals surface area contributed by atoms with Crippen molar-refractivity contribution in [2.45, 2.75) is 38.4 Å². The van der Waals surface area contributed by atoms with E-state index in [4.69, 9.17) is 9.84 Å². The molecule has 3 N–H and O–H groups in total. The smallest absolute Gasteiger partial charge is 0.332 e. The molecule has 1 heterocycles. The third-order valence-corrected chi connectivity index (χ3v) is 3.52. The van der Waals surface area contributed by atoms with E-state index in [0.29, 0.717) is 19.4 Å². The number of rotatable bonds is 5. The Kier molecular flexibility index (Phi) is 5.16. The van der Waals surface area contributed by atoms with Crippen molar-refractivity contribution in [3.63, 3.8) is 0 Å². The van der Waals surface area contributed by atoms with Gasteiger partial charge in [0.15, 0.2) is 6.10 Å². The number of carboxylic acids is 1. The topological polar surface area (TPSA) is 87.7 Å². The number of hydrogen-bond donors (Lipinski definition) is 3. The van der Waals surface area contributed by atoms with Crippen LogP contribution in [0.15, 0.2) is 24.3 Å². The minimum absolute atomic E-state index is 0.238. The molecule has 6 heteroatoms. The summed E-state index contributed by atoms with van der Waals surface area (Å²) in [6, 6.07) is 7.31. The lowest BCUT2D eigenvalue weighted by Gasteiger charge is -2.14. The molecule has 2 unspecified atom stereocenters. The van der Waals surface area contributed by atoms with E-state index < -0.39 is 12.1 Å². The van der Waals surface area contributed by atoms with Gasteiger partial charge in [0.1, 0.15) is 0 Å². The number of urea groups is 1. The summed E-state index contributed by atoms with van der Waals surface area (Å²) in [6.07, 6.45) is 0.978. The molecule has 0 bridgehead atoms. The molecule has 1 aliphatic rings. The van der Waals surface area contributed by atoms with Gasteiger partial charge in [-0.3, -0.25) is 0 Å². The molecule has 2 rings (SSSR count). The van der Waals surface area contributed by atoms with E-state index in [1.807, 2.05) is 31.2 Å². The Hall–Kier alpha value is -2.08. The summed E-state index contributed by atoms with van der Waals surface area (Å²) in [5.74, 6) is -0.946. The van der Waals surface area contributed by atoms with Crippen LogP contribution in [0.3, 0.4) is 0 Å². The van der Waals surface area contributed by atoms with Crippen LogP contribution < -0.4 is 10.6 Å². The van der Waals surface area contributed by atoms with Crippen LogP contribution in [0.1, 0.15) is 25.3 Å². The first-order valence-electron chi connectivity index (χ1n) is 7.11. The second-order valence-corrected chi connectivity index (χ2v) is 5.01. The minimum Gasteiger partial charge on any atom is -0.479 e. The second-order valence-electron chi connectivity index (χ2n) is 5.01. The van der Waals surface area contributed by atoms with E-state index in [1.54, 1.807) is 0 Å². The second kappa shape index (κ2) is 7.08. The van der Waals surface area contributed by atoms with Gasteiger partial charge in [-0.1, -0.05) is 25.1 Å². The van der Waals surface area contributed by atoms with E-state index in [0.717, 1.165) is 17.7 Å². The summed E-state index contributed by atoms with van der Waals surface area (Å²) in [5, 5.41) is 14.3. The number of para-hydroxylation sites is 1. The number of hydrogen-bond acceptors (Lipinski definition) is 3. The van der Waals surface area contributed by atoms with Crippen LogP contribution in [0.2, 0.25) is 0 Å². The highest BCUT2D eigenvalue weighted by molar-refractivity contribution is 5.90. The monoisotopic (exact) mass is 292 g/mol. The predicted octanol–water partition coefficient (Wildman–Crippen LogP) is 2.00. The van der Waals surface area contributed by atoms with Crippen LogP contribution >= 0.6 is 0 Å². The van der Waals surface area contributed by atoms with E-state index >= 15 is 0 Å². The van der Waals surface area contributed by atoms with Crippen molar-refractivity contribution >= 4 is 17.7 Å². The maximum atomic E-state index is 11.9. The zero-order valence-corrected chi connectivity index (χ0v) is 12.0. The van der Waals surface area contributed by atoms with Crippen molar-refractivity contribution < 1.29 is 19.4 Å². The molecule has 0 aliphatic carbocycles. The lowest BCUT2D eigenvalue weighted by atomic mass is 10.1. The summed E-state index contributed by atoms with van der Waals surface area (Å²) in [4.78, 5) is 22.6. The number of carboxylic acid groups (broad SMARTS) is 1. The van der Waals surface area contributed by atoms with Crippen LogP contribution in [0.5, 0.6) is 0 Å². The van der Waals surface area contributed by atoms with Crippen molar-refractivity contribution in [2.75, 3.05) is 11.9 Å². The quantitative estimate of drug-likeness (QED) is 0.774. The molecule has 6 nitrogen and oxygen atoms in total. The number of carbonyl (C=O) groups excluding carboxylic acids is 1. The number of carbonyl (C=O) groups is 2. The molecule has 2 atom stereocenters. The van der Waals surface area contributed by atoms with Gasteiger partial charge in [-0.2, -0.15) is 0 Å². The molecule has 21 heavy (non-hydrogen) atoms. The summed E-state index contributed by atoms with van der Waals surface area (Å²) in [7, 11) is 0. The fourth-order valence-electron chi connectivity index (χ4n) is 2.36. The fraction of sp³-hybridized carbons (Fsp3) is 0.467. The largest absolute Gasteiger partial charge is 0.479 e. The van der Waals surface area contributed by atoms with Gasteiger partial charge >= 0.3 is 12.0 Å². The first kappa shape index (κ1) is 15.3. The summed E-state index contributed by atoms with van der Waals surface area (Å²) < 4.78 is 5.33. The zero-order valence-electron chi connectivity index (χ0n) is 12.0. The van der Waals surface area contributed by atoms with Gasteiger partial charge in [0.25, 0.3) is 0 Å². The van der Waals surface area contributed by atoms with E-state index in [9.17, 15) is 9.59 Å². The van der Waals surface area contributed by atoms with Gasteiger partial charge in [-0.25, -0.2) is 9.59 Å². The zero-order chi connectivity index (χ0) is 15.2. The molecule has 1 fully saturated rings. The molecule has 1 saturated heterocycles. The molecular formula is C15H20N2O4. The molecular weight excluding hydrogens is 272 g/mol. The van der Waals surface area contributed by atoms with Gasteiger partial charge < -0.3 is 20.5 Å². The lowest BCUT2D eigenvalue weighted by Crippen LogP contribution is -2.36. The first-order valence-corrected chi connectivity index (χ1v) is 7.11. The number of aliphatic carboxylic acids is 1. The molecule has 0 spiro atoms. The van der Waals surface area contributed by atoms with Gasteiger partial charge in [-0.05, 0) is 30.9 Å². The molecule has 1 aromatic rings. The van der Waals surface area contributed by atoms with Gasteiger partial charge in [0.05, 0.1) is 6.10 Å². The van der Waals surface area contributed by atoms with Crippen molar-refractivity contribution in [1.29, 1.82) is 0 Å². The van der Waals surface area contributed by atoms with Gasteiger partial charge in [-0.15, -0.1) is 0 Å². The van der Waals surface area contributed by atoms with Crippen LogP contribution in [0, 0.1) is 0 Å². The highest BCUT2D eigenvalue weighted by Crippen LogP contribution is 2.19. The lowest BCUT2D eigenvalue weighted by molar-refractivity contribution is -0.149. The maximum Gasteiger partial charge on any atom is 0.332 e. The molecule has 2 amide bonds. The Balaban J connectivity index is 1.79. The third-order valence-electron chi connectivity index (χ3n) is 3.52. The number of anilines is 1. The van der Waals surface area contributed by atoms with Crippen molar-refractivity contribution in [3.8, 4) is 0 Å². The van der Waals surface area contributed by atoms with Crippen LogP contribution in [-0.2, 0) is 16.0 Å². The average Bonchev–Trinajstić information content (AvgIpc) is 2.95. The highest BCUT2D eigenvalue weighted by Gasteiger charge is 2.30. The van der Waals surface area contributed by atoms with E-state index in [-0.39, 0.29) is 12.1 Å². The summed E-state index contributed by atoms with van der Waals surface area (Å²) >= 11 is 0. The molecule has 1 aliphatic heterocycles. The van der Waals surface area contributed by atoms with Gasteiger partial charge in [0, 0.05) is 12.2 Å². The van der Waals surface area contributed by atoms with Crippen molar-refractivity contribution in [2.24, 2.45) is 0 Å². The Morgan fingerprint density at radius 3 is 2.76 bits per heavy atom. The minimum atomic E-state index is -0.946. The number of nitrogens with one attached hydrogen (secondary N) is 2. The third kappa shape index (κ3) is 4.19. The molecule has 1 aromatic carbocycles. The highest BCUT2D eigenvalue weighted by atomic mass is 16.5. The van der Waals surface area contributed by atoms with E-state index in [2.05, 4.69) is 10.6 Å². The molecule has 0 saturated carbocycles. The Morgan fingerprint density at radius 1 is 1.33 bits per heavy atom. The van der Waals surface area contributed by atoms with Crippen LogP contribution in [0.4, 0.5) is 10.5 Å². The Labute approximate surface area is 123 Å². The van der Waals surface area contributed by atoms with E-state index in [1.165, 1.54) is 0 Å². The SMILES string of the molecule is CCc1ccccc1NC(=O)NCC1CCC(C(=O)O)O1. The molecule has 0 radical (unpaired) electrons. The summed E-state index contributed by atoms with van der Waals surface area (Å²) in [6.45, 7) is 2.33. The molecule has 0 aromatic heterocycles.